The minimum absolute atomic E-state index is 0.190. The van der Waals surface area contributed by atoms with Crippen molar-refractivity contribution in [2.45, 2.75) is 5.72 Å². The van der Waals surface area contributed by atoms with Crippen LogP contribution in [0.5, 0.6) is 0 Å². The van der Waals surface area contributed by atoms with Gasteiger partial charge in [0, 0.05) is 18.7 Å². The lowest BCUT2D eigenvalue weighted by molar-refractivity contribution is 0.0586. The van der Waals surface area contributed by atoms with Crippen molar-refractivity contribution < 1.29 is 9.13 Å². The van der Waals surface area contributed by atoms with Crippen LogP contribution in [-0.4, -0.2) is 24.6 Å². The highest BCUT2D eigenvalue weighted by Crippen LogP contribution is 2.47. The lowest BCUT2D eigenvalue weighted by atomic mass is 10.1. The second-order valence-corrected chi connectivity index (χ2v) is 3.79. The third-order valence-corrected chi connectivity index (χ3v) is 2.97. The van der Waals surface area contributed by atoms with Gasteiger partial charge in [0.15, 0.2) is 5.72 Å². The van der Waals surface area contributed by atoms with Gasteiger partial charge in [-0.15, -0.1) is 0 Å². The molecule has 2 atom stereocenters. The van der Waals surface area contributed by atoms with Crippen LogP contribution in [0.3, 0.4) is 0 Å². The molecular formula is C10H11FN2O. The van der Waals surface area contributed by atoms with Crippen molar-refractivity contribution in [1.82, 2.24) is 4.90 Å². The number of ether oxygens (including phenoxy) is 1. The molecule has 2 saturated heterocycles. The summed E-state index contributed by atoms with van der Waals surface area (Å²) in [5.41, 5.74) is 6.16. The van der Waals surface area contributed by atoms with Gasteiger partial charge in [0.1, 0.15) is 5.82 Å². The van der Waals surface area contributed by atoms with Gasteiger partial charge >= 0.3 is 0 Å². The summed E-state index contributed by atoms with van der Waals surface area (Å²) >= 11 is 0. The molecule has 0 amide bonds. The summed E-state index contributed by atoms with van der Waals surface area (Å²) in [5, 5.41) is 0. The molecule has 2 aliphatic rings. The maximum Gasteiger partial charge on any atom is 0.161 e. The molecule has 0 spiro atoms. The summed E-state index contributed by atoms with van der Waals surface area (Å²) in [6.07, 6.45) is 0. The van der Waals surface area contributed by atoms with Crippen LogP contribution >= 0.6 is 0 Å². The molecule has 4 heteroatoms. The first-order chi connectivity index (χ1) is 6.72. The van der Waals surface area contributed by atoms with Crippen molar-refractivity contribution in [2.75, 3.05) is 25.4 Å². The van der Waals surface area contributed by atoms with Crippen LogP contribution in [0.25, 0.3) is 0 Å². The zero-order valence-corrected chi connectivity index (χ0v) is 7.66. The highest BCUT2D eigenvalue weighted by atomic mass is 19.1. The van der Waals surface area contributed by atoms with Gasteiger partial charge in [0.25, 0.3) is 0 Å². The van der Waals surface area contributed by atoms with E-state index in [1.807, 2.05) is 6.07 Å². The Morgan fingerprint density at radius 2 is 2.36 bits per heavy atom. The summed E-state index contributed by atoms with van der Waals surface area (Å²) in [6, 6.07) is 4.90. The Hall–Kier alpha value is -1.13. The lowest BCUT2D eigenvalue weighted by Crippen LogP contribution is -2.12. The summed E-state index contributed by atoms with van der Waals surface area (Å²) < 4.78 is 18.8. The predicted octanol–water partition coefficient (Wildman–Crippen LogP) is 0.907. The number of hydrogen-bond donors (Lipinski definition) is 1. The first-order valence-electron chi connectivity index (χ1n) is 4.67. The van der Waals surface area contributed by atoms with Crippen molar-refractivity contribution in [3.05, 3.63) is 29.6 Å². The second-order valence-electron chi connectivity index (χ2n) is 3.79. The van der Waals surface area contributed by atoms with Crippen molar-refractivity contribution in [1.29, 1.82) is 0 Å². The molecule has 2 fully saturated rings. The Morgan fingerprint density at radius 1 is 1.50 bits per heavy atom. The highest BCUT2D eigenvalue weighted by molar-refractivity contribution is 5.44. The minimum Gasteiger partial charge on any atom is -0.396 e. The van der Waals surface area contributed by atoms with Crippen molar-refractivity contribution in [3.8, 4) is 0 Å². The van der Waals surface area contributed by atoms with E-state index in [0.29, 0.717) is 0 Å². The van der Waals surface area contributed by atoms with Crippen LogP contribution in [0, 0.1) is 5.82 Å². The topological polar surface area (TPSA) is 38.3 Å². The normalized spacial score (nSPS) is 34.2. The van der Waals surface area contributed by atoms with Gasteiger partial charge in [0.05, 0.1) is 12.3 Å². The molecule has 2 N–H and O–H groups in total. The van der Waals surface area contributed by atoms with Crippen LogP contribution in [0.1, 0.15) is 5.56 Å². The van der Waals surface area contributed by atoms with Crippen molar-refractivity contribution in [3.63, 3.8) is 0 Å². The van der Waals surface area contributed by atoms with Crippen LogP contribution in [0.15, 0.2) is 18.2 Å². The maximum atomic E-state index is 13.2. The van der Waals surface area contributed by atoms with Gasteiger partial charge in [-0.2, -0.15) is 0 Å². The Morgan fingerprint density at radius 3 is 2.93 bits per heavy atom. The molecule has 0 aromatic heterocycles. The van der Waals surface area contributed by atoms with Gasteiger partial charge in [-0.3, -0.25) is 4.90 Å². The Balaban J connectivity index is 2.01. The van der Waals surface area contributed by atoms with Crippen LogP contribution in [-0.2, 0) is 10.5 Å². The number of nitrogen functional groups attached to an aromatic ring is 1. The third-order valence-electron chi connectivity index (χ3n) is 2.97. The molecule has 2 aliphatic heterocycles. The van der Waals surface area contributed by atoms with Gasteiger partial charge in [-0.1, -0.05) is 6.07 Å². The second kappa shape index (κ2) is 2.46. The molecule has 74 valence electrons. The molecule has 3 nitrogen and oxygen atoms in total. The molecule has 2 heterocycles. The molecular weight excluding hydrogens is 183 g/mol. The van der Waals surface area contributed by atoms with E-state index in [1.165, 1.54) is 6.07 Å². The van der Waals surface area contributed by atoms with Crippen LogP contribution < -0.4 is 5.73 Å². The fourth-order valence-corrected chi connectivity index (χ4v) is 2.07. The van der Waals surface area contributed by atoms with Crippen molar-refractivity contribution >= 4 is 5.69 Å². The Labute approximate surface area is 81.3 Å². The van der Waals surface area contributed by atoms with E-state index in [9.17, 15) is 4.39 Å². The number of nitrogens with two attached hydrogens (primary N) is 1. The zero-order valence-electron chi connectivity index (χ0n) is 7.66. The summed E-state index contributed by atoms with van der Waals surface area (Å²) in [5.74, 6) is -0.362. The standard InChI is InChI=1S/C10H11FN2O/c11-8-5-7(1-2-9(8)12)10-6-13(10)3-4-14-10/h1-2,5H,3-4,6,12H2. The maximum absolute atomic E-state index is 13.2. The van der Waals surface area contributed by atoms with Gasteiger partial charge in [-0.05, 0) is 12.1 Å². The highest BCUT2D eigenvalue weighted by Gasteiger charge is 2.58. The number of halogens is 1. The molecule has 14 heavy (non-hydrogen) atoms. The van der Waals surface area contributed by atoms with E-state index in [4.69, 9.17) is 10.5 Å². The number of fused-ring (bicyclic) bond motifs is 1. The number of anilines is 1. The lowest BCUT2D eigenvalue weighted by Gasteiger charge is -2.11. The number of hydrogen-bond acceptors (Lipinski definition) is 3. The smallest absolute Gasteiger partial charge is 0.161 e. The number of morpholine rings is 1. The summed E-state index contributed by atoms with van der Waals surface area (Å²) in [4.78, 5) is 2.18. The van der Waals surface area contributed by atoms with Gasteiger partial charge in [-0.25, -0.2) is 4.39 Å². The van der Waals surface area contributed by atoms with Crippen LogP contribution in [0.2, 0.25) is 0 Å². The molecule has 0 bridgehead atoms. The zero-order chi connectivity index (χ0) is 9.76. The SMILES string of the molecule is Nc1ccc(C23CN2CCO3)cc1F. The molecule has 0 saturated carbocycles. The minimum atomic E-state index is -0.362. The van der Waals surface area contributed by atoms with Gasteiger partial charge < -0.3 is 10.5 Å². The first-order valence-corrected chi connectivity index (χ1v) is 4.67. The fraction of sp³-hybridized carbons (Fsp3) is 0.400. The third kappa shape index (κ3) is 0.923. The average molecular weight is 194 g/mol. The summed E-state index contributed by atoms with van der Waals surface area (Å²) in [7, 11) is 0. The number of benzene rings is 1. The van der Waals surface area contributed by atoms with E-state index >= 15 is 0 Å². The number of rotatable bonds is 1. The monoisotopic (exact) mass is 194 g/mol. The number of nitrogens with zero attached hydrogens (tertiary/aromatic N) is 1. The molecule has 2 unspecified atom stereocenters. The summed E-state index contributed by atoms with van der Waals surface area (Å²) in [6.45, 7) is 2.54. The average Bonchev–Trinajstić information content (AvgIpc) is 2.75. The van der Waals surface area contributed by atoms with Gasteiger partial charge in [0.2, 0.25) is 0 Å². The van der Waals surface area contributed by atoms with Crippen molar-refractivity contribution in [2.24, 2.45) is 0 Å². The van der Waals surface area contributed by atoms with E-state index < -0.39 is 0 Å². The molecule has 0 aliphatic carbocycles. The van der Waals surface area contributed by atoms with E-state index in [0.717, 1.165) is 25.3 Å². The predicted molar refractivity (Wildman–Crippen MR) is 50.0 cm³/mol. The van der Waals surface area contributed by atoms with E-state index in [2.05, 4.69) is 4.90 Å². The largest absolute Gasteiger partial charge is 0.396 e. The molecule has 3 rings (SSSR count). The Kier molecular flexibility index (Phi) is 1.44. The first kappa shape index (κ1) is 8.20. The van der Waals surface area contributed by atoms with E-state index in [1.54, 1.807) is 6.07 Å². The molecule has 1 aromatic carbocycles. The molecule has 1 aromatic rings. The quantitative estimate of drug-likeness (QED) is 0.533. The fourth-order valence-electron chi connectivity index (χ4n) is 2.07. The van der Waals surface area contributed by atoms with E-state index in [-0.39, 0.29) is 17.2 Å². The Bertz CT molecular complexity index is 396. The molecule has 0 radical (unpaired) electrons. The van der Waals surface area contributed by atoms with Crippen LogP contribution in [0.4, 0.5) is 10.1 Å².